The highest BCUT2D eigenvalue weighted by Crippen LogP contribution is 2.21. The Morgan fingerprint density at radius 3 is 2.88 bits per heavy atom. The molecule has 2 rings (SSSR count). The van der Waals surface area contributed by atoms with Crippen molar-refractivity contribution in [2.24, 2.45) is 0 Å². The lowest BCUT2D eigenvalue weighted by atomic mass is 10.1. The van der Waals surface area contributed by atoms with Crippen LogP contribution in [0.2, 0.25) is 5.15 Å². The zero-order valence-electron chi connectivity index (χ0n) is 9.41. The molecule has 0 bridgehead atoms. The molecule has 5 nitrogen and oxygen atoms in total. The number of aryl methyl sites for hydroxylation is 1. The summed E-state index contributed by atoms with van der Waals surface area (Å²) in [7, 11) is 0. The number of aliphatic hydroxyl groups excluding tert-OH is 1. The van der Waals surface area contributed by atoms with Gasteiger partial charge in [-0.1, -0.05) is 29.8 Å². The minimum Gasteiger partial charge on any atom is -0.382 e. The van der Waals surface area contributed by atoms with Gasteiger partial charge in [0.15, 0.2) is 0 Å². The van der Waals surface area contributed by atoms with Gasteiger partial charge in [-0.15, -0.1) is 5.10 Å². The quantitative estimate of drug-likeness (QED) is 0.843. The lowest BCUT2D eigenvalue weighted by Gasteiger charge is -2.11. The Bertz CT molecular complexity index is 482. The van der Waals surface area contributed by atoms with Crippen molar-refractivity contribution in [1.82, 2.24) is 20.0 Å². The molecule has 0 fully saturated rings. The van der Waals surface area contributed by atoms with E-state index >= 15 is 0 Å². The van der Waals surface area contributed by atoms with Gasteiger partial charge >= 0.3 is 0 Å². The normalized spacial score (nSPS) is 12.6. The first-order chi connectivity index (χ1) is 8.22. The van der Waals surface area contributed by atoms with Gasteiger partial charge in [0.25, 0.3) is 0 Å². The molecule has 0 aliphatic heterocycles. The monoisotopic (exact) mass is 252 g/mol. The van der Waals surface area contributed by atoms with Gasteiger partial charge in [0, 0.05) is 18.3 Å². The lowest BCUT2D eigenvalue weighted by Crippen LogP contribution is -2.10. The van der Waals surface area contributed by atoms with E-state index in [1.165, 1.54) is 0 Å². The van der Waals surface area contributed by atoms with E-state index in [4.69, 9.17) is 11.6 Å². The number of aromatic nitrogens is 4. The minimum atomic E-state index is -0.777. The smallest absolute Gasteiger partial charge is 0.129 e. The molecule has 2 aromatic heterocycles. The van der Waals surface area contributed by atoms with Crippen LogP contribution >= 0.6 is 11.6 Å². The fraction of sp³-hybridized carbons (Fsp3) is 0.364. The maximum absolute atomic E-state index is 10.2. The molecule has 1 atom stereocenters. The van der Waals surface area contributed by atoms with Crippen LogP contribution in [0.1, 0.15) is 30.7 Å². The SMILES string of the molecule is CCCn1nncc1C(O)c1ccc(Cl)nc1. The number of nitrogens with zero attached hydrogens (tertiary/aromatic N) is 4. The van der Waals surface area contributed by atoms with Crippen molar-refractivity contribution in [3.63, 3.8) is 0 Å². The van der Waals surface area contributed by atoms with E-state index in [2.05, 4.69) is 15.3 Å². The molecule has 90 valence electrons. The van der Waals surface area contributed by atoms with Crippen molar-refractivity contribution in [3.8, 4) is 0 Å². The van der Waals surface area contributed by atoms with Gasteiger partial charge in [0.2, 0.25) is 0 Å². The Morgan fingerprint density at radius 2 is 2.24 bits per heavy atom. The van der Waals surface area contributed by atoms with Gasteiger partial charge in [-0.2, -0.15) is 0 Å². The summed E-state index contributed by atoms with van der Waals surface area (Å²) in [6, 6.07) is 3.39. The summed E-state index contributed by atoms with van der Waals surface area (Å²) in [6.07, 6.45) is 3.27. The van der Waals surface area contributed by atoms with E-state index in [0.717, 1.165) is 13.0 Å². The van der Waals surface area contributed by atoms with Crippen molar-refractivity contribution in [1.29, 1.82) is 0 Å². The van der Waals surface area contributed by atoms with E-state index in [1.807, 2.05) is 6.92 Å². The largest absolute Gasteiger partial charge is 0.382 e. The molecular weight excluding hydrogens is 240 g/mol. The highest BCUT2D eigenvalue weighted by atomic mass is 35.5. The Hall–Kier alpha value is -1.46. The number of aliphatic hydroxyl groups is 1. The van der Waals surface area contributed by atoms with Crippen LogP contribution in [0.25, 0.3) is 0 Å². The number of hydrogen-bond acceptors (Lipinski definition) is 4. The van der Waals surface area contributed by atoms with E-state index in [1.54, 1.807) is 29.2 Å². The van der Waals surface area contributed by atoms with E-state index < -0.39 is 6.10 Å². The van der Waals surface area contributed by atoms with Crippen molar-refractivity contribution in [2.45, 2.75) is 26.0 Å². The molecule has 0 saturated heterocycles. The molecule has 0 aromatic carbocycles. The Kier molecular flexibility index (Phi) is 3.71. The predicted octanol–water partition coefficient (Wildman–Crippen LogP) is 1.82. The number of pyridine rings is 1. The first-order valence-corrected chi connectivity index (χ1v) is 5.78. The molecular formula is C11H13ClN4O. The van der Waals surface area contributed by atoms with Crippen LogP contribution in [0.5, 0.6) is 0 Å². The fourth-order valence-electron chi connectivity index (χ4n) is 1.58. The van der Waals surface area contributed by atoms with E-state index in [-0.39, 0.29) is 0 Å². The summed E-state index contributed by atoms with van der Waals surface area (Å²) in [5.41, 5.74) is 1.34. The van der Waals surface area contributed by atoms with Crippen LogP contribution in [0, 0.1) is 0 Å². The lowest BCUT2D eigenvalue weighted by molar-refractivity contribution is 0.207. The molecule has 0 aliphatic rings. The number of rotatable bonds is 4. The molecule has 2 aromatic rings. The number of halogens is 1. The zero-order chi connectivity index (χ0) is 12.3. The van der Waals surface area contributed by atoms with Crippen LogP contribution in [0.3, 0.4) is 0 Å². The van der Waals surface area contributed by atoms with Crippen LogP contribution < -0.4 is 0 Å². The summed E-state index contributed by atoms with van der Waals surface area (Å²) >= 11 is 5.70. The maximum Gasteiger partial charge on any atom is 0.129 e. The van der Waals surface area contributed by atoms with Gasteiger partial charge in [0.1, 0.15) is 11.3 Å². The first kappa shape index (κ1) is 12.0. The molecule has 1 unspecified atom stereocenters. The third-order valence-electron chi connectivity index (χ3n) is 2.43. The molecule has 0 spiro atoms. The molecule has 2 heterocycles. The Labute approximate surface area is 104 Å². The Balaban J connectivity index is 2.26. The van der Waals surface area contributed by atoms with Crippen LogP contribution in [0.15, 0.2) is 24.5 Å². The first-order valence-electron chi connectivity index (χ1n) is 5.40. The summed E-state index contributed by atoms with van der Waals surface area (Å²) in [6.45, 7) is 2.77. The summed E-state index contributed by atoms with van der Waals surface area (Å²) < 4.78 is 1.69. The van der Waals surface area contributed by atoms with Crippen molar-refractivity contribution in [2.75, 3.05) is 0 Å². The molecule has 6 heteroatoms. The van der Waals surface area contributed by atoms with Gasteiger partial charge in [-0.3, -0.25) is 0 Å². The molecule has 17 heavy (non-hydrogen) atoms. The zero-order valence-corrected chi connectivity index (χ0v) is 10.2. The van der Waals surface area contributed by atoms with E-state index in [0.29, 0.717) is 16.4 Å². The van der Waals surface area contributed by atoms with E-state index in [9.17, 15) is 5.11 Å². The van der Waals surface area contributed by atoms with Crippen molar-refractivity contribution in [3.05, 3.63) is 40.9 Å². The Morgan fingerprint density at radius 1 is 1.41 bits per heavy atom. The average molecular weight is 253 g/mol. The summed E-state index contributed by atoms with van der Waals surface area (Å²) in [5.74, 6) is 0. The maximum atomic E-state index is 10.2. The third kappa shape index (κ3) is 2.62. The standard InChI is InChI=1S/C11H13ClN4O/c1-2-5-16-9(7-14-15-16)11(17)8-3-4-10(12)13-6-8/h3-4,6-7,11,17H,2,5H2,1H3. The average Bonchev–Trinajstić information content (AvgIpc) is 2.78. The number of hydrogen-bond donors (Lipinski definition) is 1. The fourth-order valence-corrected chi connectivity index (χ4v) is 1.69. The van der Waals surface area contributed by atoms with Gasteiger partial charge in [-0.25, -0.2) is 9.67 Å². The van der Waals surface area contributed by atoms with Crippen molar-refractivity contribution < 1.29 is 5.11 Å². The topological polar surface area (TPSA) is 63.8 Å². The van der Waals surface area contributed by atoms with Crippen LogP contribution in [-0.2, 0) is 6.54 Å². The second-order valence-corrected chi connectivity index (χ2v) is 4.09. The minimum absolute atomic E-state index is 0.404. The van der Waals surface area contributed by atoms with Gasteiger partial charge in [-0.05, 0) is 12.5 Å². The second kappa shape index (κ2) is 5.25. The highest BCUT2D eigenvalue weighted by Gasteiger charge is 2.16. The van der Waals surface area contributed by atoms with Crippen LogP contribution in [0.4, 0.5) is 0 Å². The predicted molar refractivity (Wildman–Crippen MR) is 63.6 cm³/mol. The summed E-state index contributed by atoms with van der Waals surface area (Å²) in [4.78, 5) is 3.94. The molecule has 0 aliphatic carbocycles. The second-order valence-electron chi connectivity index (χ2n) is 3.70. The molecule has 0 saturated carbocycles. The van der Waals surface area contributed by atoms with Gasteiger partial charge < -0.3 is 5.11 Å². The highest BCUT2D eigenvalue weighted by molar-refractivity contribution is 6.29. The molecule has 1 N–H and O–H groups in total. The van der Waals surface area contributed by atoms with Gasteiger partial charge in [0.05, 0.1) is 11.9 Å². The summed E-state index contributed by atoms with van der Waals surface area (Å²) in [5, 5.41) is 18.3. The molecule has 0 amide bonds. The third-order valence-corrected chi connectivity index (χ3v) is 2.65. The van der Waals surface area contributed by atoms with Crippen molar-refractivity contribution >= 4 is 11.6 Å². The molecule has 0 radical (unpaired) electrons. The van der Waals surface area contributed by atoms with Crippen LogP contribution in [-0.4, -0.2) is 25.1 Å².